The highest BCUT2D eigenvalue weighted by Crippen LogP contribution is 2.32. The topological polar surface area (TPSA) is 99.9 Å². The Labute approximate surface area is 132 Å². The number of nitrogens with one attached hydrogen (secondary N) is 1. The van der Waals surface area contributed by atoms with Crippen LogP contribution < -0.4 is 15.2 Å². The normalized spacial score (nSPS) is 13.1. The van der Waals surface area contributed by atoms with Gasteiger partial charge in [-0.1, -0.05) is 0 Å². The predicted octanol–water partition coefficient (Wildman–Crippen LogP) is 0.980. The number of hydrogen-bond acceptors (Lipinski definition) is 6. The molecule has 21 heavy (non-hydrogen) atoms. The number of anilines is 1. The Bertz CT molecular complexity index is 579. The smallest absolute Gasteiger partial charge is 0.244 e. The monoisotopic (exact) mass is 382 g/mol. The van der Waals surface area contributed by atoms with Crippen LogP contribution in [0.2, 0.25) is 0 Å². The van der Waals surface area contributed by atoms with Gasteiger partial charge in [-0.15, -0.1) is 0 Å². The van der Waals surface area contributed by atoms with Crippen LogP contribution in [0.5, 0.6) is 5.75 Å². The number of hydrogen-bond donors (Lipinski definition) is 2. The Hall–Kier alpha value is -0.870. The molecule has 0 heterocycles. The average molecular weight is 383 g/mol. The van der Waals surface area contributed by atoms with E-state index in [2.05, 4.69) is 20.7 Å². The van der Waals surface area contributed by atoms with E-state index in [1.54, 1.807) is 0 Å². The number of rotatable bonds is 8. The molecule has 7 nitrogen and oxygen atoms in total. The number of sulfonamides is 1. The fourth-order valence-corrected chi connectivity index (χ4v) is 3.17. The number of halogens is 1. The number of nitrogens with two attached hydrogens (primary N) is 1. The van der Waals surface area contributed by atoms with Crippen LogP contribution in [0.15, 0.2) is 21.5 Å². The Morgan fingerprint density at radius 1 is 1.33 bits per heavy atom. The Kier molecular flexibility index (Phi) is 6.88. The summed E-state index contributed by atoms with van der Waals surface area (Å²) in [6.45, 7) is 0.352. The number of ether oxygens (including phenoxy) is 3. The van der Waals surface area contributed by atoms with E-state index in [0.717, 1.165) is 0 Å². The van der Waals surface area contributed by atoms with E-state index in [1.807, 2.05) is 0 Å². The summed E-state index contributed by atoms with van der Waals surface area (Å²) >= 11 is 3.22. The van der Waals surface area contributed by atoms with E-state index in [4.69, 9.17) is 19.9 Å². The highest BCUT2D eigenvalue weighted by Gasteiger charge is 2.22. The van der Waals surface area contributed by atoms with Gasteiger partial charge in [0, 0.05) is 30.9 Å². The predicted molar refractivity (Wildman–Crippen MR) is 83.0 cm³/mol. The fraction of sp³-hybridized carbons (Fsp3) is 0.500. The zero-order valence-corrected chi connectivity index (χ0v) is 14.5. The summed E-state index contributed by atoms with van der Waals surface area (Å²) in [4.78, 5) is -0.0297. The van der Waals surface area contributed by atoms with E-state index in [9.17, 15) is 8.42 Å². The summed E-state index contributed by atoms with van der Waals surface area (Å²) < 4.78 is 42.8. The van der Waals surface area contributed by atoms with Crippen molar-refractivity contribution in [1.29, 1.82) is 0 Å². The number of nitrogen functional groups attached to an aromatic ring is 1. The molecule has 0 bridgehead atoms. The second kappa shape index (κ2) is 7.95. The lowest BCUT2D eigenvalue weighted by molar-refractivity contribution is 0.0320. The molecule has 3 N–H and O–H groups in total. The van der Waals surface area contributed by atoms with Gasteiger partial charge in [0.2, 0.25) is 10.0 Å². The third kappa shape index (κ3) is 4.82. The fourth-order valence-electron chi connectivity index (χ4n) is 1.60. The van der Waals surface area contributed by atoms with Crippen molar-refractivity contribution in [2.75, 3.05) is 40.2 Å². The van der Waals surface area contributed by atoms with Crippen LogP contribution >= 0.6 is 15.9 Å². The summed E-state index contributed by atoms with van der Waals surface area (Å²) in [5.41, 5.74) is 6.03. The number of benzene rings is 1. The van der Waals surface area contributed by atoms with Gasteiger partial charge in [-0.2, -0.15) is 0 Å². The van der Waals surface area contributed by atoms with Crippen LogP contribution in [0.1, 0.15) is 0 Å². The zero-order chi connectivity index (χ0) is 16.0. The summed E-state index contributed by atoms with van der Waals surface area (Å²) in [7, 11) is 0.607. The second-order valence-electron chi connectivity index (χ2n) is 4.19. The molecule has 0 aliphatic heterocycles. The van der Waals surface area contributed by atoms with E-state index in [-0.39, 0.29) is 29.9 Å². The third-order valence-corrected chi connectivity index (χ3v) is 4.89. The van der Waals surface area contributed by atoms with E-state index in [0.29, 0.717) is 10.2 Å². The first kappa shape index (κ1) is 18.2. The van der Waals surface area contributed by atoms with E-state index < -0.39 is 10.0 Å². The van der Waals surface area contributed by atoms with Gasteiger partial charge in [0.25, 0.3) is 0 Å². The lowest BCUT2D eigenvalue weighted by Crippen LogP contribution is -2.35. The molecule has 1 aromatic carbocycles. The SMILES string of the molecule is COCC(CNS(=O)(=O)c1cc(N)c(Br)cc1OC)OC. The summed E-state index contributed by atoms with van der Waals surface area (Å²) in [5.74, 6) is 0.198. The van der Waals surface area contributed by atoms with Gasteiger partial charge in [-0.25, -0.2) is 13.1 Å². The second-order valence-corrected chi connectivity index (χ2v) is 6.78. The summed E-state index contributed by atoms with van der Waals surface area (Å²) in [5, 5.41) is 0. The van der Waals surface area contributed by atoms with E-state index >= 15 is 0 Å². The third-order valence-electron chi connectivity index (χ3n) is 2.76. The van der Waals surface area contributed by atoms with Crippen LogP contribution in [0.25, 0.3) is 0 Å². The number of methoxy groups -OCH3 is 3. The van der Waals surface area contributed by atoms with Gasteiger partial charge >= 0.3 is 0 Å². The van der Waals surface area contributed by atoms with Gasteiger partial charge < -0.3 is 19.9 Å². The van der Waals surface area contributed by atoms with Gasteiger partial charge in [0.1, 0.15) is 10.6 Å². The molecule has 0 saturated carbocycles. The van der Waals surface area contributed by atoms with Crippen LogP contribution in [-0.2, 0) is 19.5 Å². The minimum absolute atomic E-state index is 0.0297. The molecule has 0 fully saturated rings. The standard InChI is InChI=1S/C12H19BrN2O5S/c1-18-7-8(19-2)6-15-21(16,17)12-5-10(14)9(13)4-11(12)20-3/h4-5,8,15H,6-7,14H2,1-3H3. The molecular formula is C12H19BrN2O5S. The van der Waals surface area contributed by atoms with E-state index in [1.165, 1.54) is 33.5 Å². The minimum atomic E-state index is -3.78. The molecule has 1 unspecified atom stereocenters. The summed E-state index contributed by atoms with van der Waals surface area (Å²) in [6.07, 6.45) is -0.386. The van der Waals surface area contributed by atoms with Crippen molar-refractivity contribution in [3.05, 3.63) is 16.6 Å². The molecule has 120 valence electrons. The van der Waals surface area contributed by atoms with Crippen molar-refractivity contribution >= 4 is 31.6 Å². The first-order chi connectivity index (χ1) is 9.85. The van der Waals surface area contributed by atoms with Crippen molar-refractivity contribution in [2.24, 2.45) is 0 Å². The van der Waals surface area contributed by atoms with Crippen molar-refractivity contribution < 1.29 is 22.6 Å². The van der Waals surface area contributed by atoms with Gasteiger partial charge in [0.05, 0.1) is 19.8 Å². The van der Waals surface area contributed by atoms with Crippen molar-refractivity contribution in [3.63, 3.8) is 0 Å². The van der Waals surface area contributed by atoms with Gasteiger partial charge in [-0.05, 0) is 28.1 Å². The molecule has 0 aliphatic carbocycles. The molecule has 0 radical (unpaired) electrons. The largest absolute Gasteiger partial charge is 0.495 e. The Balaban J connectivity index is 3.00. The minimum Gasteiger partial charge on any atom is -0.495 e. The molecule has 0 aliphatic rings. The molecule has 0 amide bonds. The van der Waals surface area contributed by atoms with Crippen LogP contribution in [0.4, 0.5) is 5.69 Å². The van der Waals surface area contributed by atoms with Crippen molar-refractivity contribution in [3.8, 4) is 5.75 Å². The molecular weight excluding hydrogens is 364 g/mol. The molecule has 1 aromatic rings. The Morgan fingerprint density at radius 3 is 2.52 bits per heavy atom. The maximum absolute atomic E-state index is 12.3. The first-order valence-electron chi connectivity index (χ1n) is 6.00. The van der Waals surface area contributed by atoms with Crippen molar-refractivity contribution in [1.82, 2.24) is 4.72 Å². The van der Waals surface area contributed by atoms with Crippen molar-refractivity contribution in [2.45, 2.75) is 11.0 Å². The average Bonchev–Trinajstić information content (AvgIpc) is 2.45. The lowest BCUT2D eigenvalue weighted by atomic mass is 10.3. The molecule has 0 saturated heterocycles. The Morgan fingerprint density at radius 2 is 2.00 bits per heavy atom. The summed E-state index contributed by atoms with van der Waals surface area (Å²) in [6, 6.07) is 2.84. The molecule has 1 rings (SSSR count). The van der Waals surface area contributed by atoms with Crippen LogP contribution in [0, 0.1) is 0 Å². The van der Waals surface area contributed by atoms with Crippen LogP contribution in [-0.4, -0.2) is 49.0 Å². The maximum Gasteiger partial charge on any atom is 0.244 e. The van der Waals surface area contributed by atoms with Gasteiger partial charge in [-0.3, -0.25) is 0 Å². The lowest BCUT2D eigenvalue weighted by Gasteiger charge is -2.16. The molecule has 1 atom stereocenters. The zero-order valence-electron chi connectivity index (χ0n) is 12.1. The first-order valence-corrected chi connectivity index (χ1v) is 8.27. The molecule has 0 spiro atoms. The van der Waals surface area contributed by atoms with Crippen LogP contribution in [0.3, 0.4) is 0 Å². The molecule has 0 aromatic heterocycles. The maximum atomic E-state index is 12.3. The highest BCUT2D eigenvalue weighted by molar-refractivity contribution is 9.10. The quantitative estimate of drug-likeness (QED) is 0.650. The van der Waals surface area contributed by atoms with Gasteiger partial charge in [0.15, 0.2) is 0 Å². The highest BCUT2D eigenvalue weighted by atomic mass is 79.9. The molecule has 9 heteroatoms.